The van der Waals surface area contributed by atoms with Gasteiger partial charge >= 0.3 is 0 Å². The molecule has 21 heavy (non-hydrogen) atoms. The van der Waals surface area contributed by atoms with E-state index < -0.39 is 5.82 Å². The van der Waals surface area contributed by atoms with Crippen molar-refractivity contribution in [2.24, 2.45) is 0 Å². The van der Waals surface area contributed by atoms with Crippen LogP contribution in [0.5, 0.6) is 5.75 Å². The Labute approximate surface area is 124 Å². The Balaban J connectivity index is 2.80. The summed E-state index contributed by atoms with van der Waals surface area (Å²) in [6.45, 7) is 4.27. The van der Waals surface area contributed by atoms with Gasteiger partial charge in [-0.15, -0.1) is 0 Å². The van der Waals surface area contributed by atoms with Crippen LogP contribution in [0.25, 0.3) is 0 Å². The van der Waals surface area contributed by atoms with Crippen LogP contribution in [0.1, 0.15) is 20.3 Å². The van der Waals surface area contributed by atoms with Gasteiger partial charge in [0, 0.05) is 24.3 Å². The summed E-state index contributed by atoms with van der Waals surface area (Å²) in [7, 11) is 1.40. The number of hydrogen-bond donors (Lipinski definition) is 1. The molecule has 0 aromatic heterocycles. The van der Waals surface area contributed by atoms with Gasteiger partial charge in [0.15, 0.2) is 11.6 Å². The Hall–Kier alpha value is -2.29. The molecule has 5 nitrogen and oxygen atoms in total. The topological polar surface area (TPSA) is 65.4 Å². The van der Waals surface area contributed by atoms with Crippen LogP contribution in [0, 0.1) is 17.1 Å². The summed E-state index contributed by atoms with van der Waals surface area (Å²) in [5.41, 5.74) is 0.610. The van der Waals surface area contributed by atoms with Gasteiger partial charge in [-0.25, -0.2) is 4.39 Å². The number of rotatable bonds is 7. The summed E-state index contributed by atoms with van der Waals surface area (Å²) in [5, 5.41) is 11.1. The summed E-state index contributed by atoms with van der Waals surface area (Å²) in [4.78, 5) is 13.6. The van der Waals surface area contributed by atoms with Crippen molar-refractivity contribution in [2.75, 3.05) is 25.1 Å². The number of nitrogens with one attached hydrogen (secondary N) is 1. The predicted octanol–water partition coefficient (Wildman–Crippen LogP) is 2.08. The van der Waals surface area contributed by atoms with Gasteiger partial charge in [0.05, 0.1) is 26.1 Å². The number of amides is 1. The van der Waals surface area contributed by atoms with Crippen molar-refractivity contribution in [3.8, 4) is 11.8 Å². The molecule has 0 aliphatic heterocycles. The first-order valence-corrected chi connectivity index (χ1v) is 6.73. The zero-order valence-corrected chi connectivity index (χ0v) is 12.5. The van der Waals surface area contributed by atoms with E-state index in [-0.39, 0.29) is 30.7 Å². The van der Waals surface area contributed by atoms with Gasteiger partial charge < -0.3 is 15.0 Å². The molecule has 0 unspecified atom stereocenters. The number of nitrogens with zero attached hydrogens (tertiary/aromatic N) is 2. The molecule has 1 amide bonds. The smallest absolute Gasteiger partial charge is 0.239 e. The first kappa shape index (κ1) is 16.8. The number of halogens is 1. The molecular formula is C15H20FN3O2. The number of benzene rings is 1. The van der Waals surface area contributed by atoms with Crippen molar-refractivity contribution in [3.63, 3.8) is 0 Å². The maximum atomic E-state index is 13.8. The molecule has 0 aliphatic carbocycles. The van der Waals surface area contributed by atoms with Crippen molar-refractivity contribution < 1.29 is 13.9 Å². The average Bonchev–Trinajstić information content (AvgIpc) is 2.44. The molecule has 1 aromatic carbocycles. The summed E-state index contributed by atoms with van der Waals surface area (Å²) in [6, 6.07) is 6.58. The highest BCUT2D eigenvalue weighted by atomic mass is 19.1. The zero-order valence-electron chi connectivity index (χ0n) is 12.5. The minimum absolute atomic E-state index is 0.0273. The standard InChI is InChI=1S/C15H20FN3O2/c1-11(2)19(10-15(20)18-8-4-7-17)12-5-6-14(21-3)13(16)9-12/h5-6,9,11H,4,8,10H2,1-3H3,(H,18,20). The number of anilines is 1. The Bertz CT molecular complexity index is 526. The fourth-order valence-corrected chi connectivity index (χ4v) is 1.87. The third-order valence-corrected chi connectivity index (χ3v) is 2.96. The number of carbonyl (C=O) groups excluding carboxylic acids is 1. The normalized spacial score (nSPS) is 10.1. The Morgan fingerprint density at radius 1 is 1.52 bits per heavy atom. The Morgan fingerprint density at radius 2 is 2.24 bits per heavy atom. The number of ether oxygens (including phenoxy) is 1. The fraction of sp³-hybridized carbons (Fsp3) is 0.467. The van der Waals surface area contributed by atoms with Crippen LogP contribution in [0.2, 0.25) is 0 Å². The van der Waals surface area contributed by atoms with Gasteiger partial charge in [-0.1, -0.05) is 0 Å². The molecule has 0 fully saturated rings. The molecule has 0 radical (unpaired) electrons. The first-order valence-electron chi connectivity index (χ1n) is 6.73. The van der Waals surface area contributed by atoms with Crippen LogP contribution < -0.4 is 15.0 Å². The van der Waals surface area contributed by atoms with E-state index in [9.17, 15) is 9.18 Å². The van der Waals surface area contributed by atoms with Gasteiger partial charge in [-0.05, 0) is 26.0 Å². The molecule has 1 rings (SSSR count). The summed E-state index contributed by atoms with van der Waals surface area (Å²) in [6.07, 6.45) is 0.268. The monoisotopic (exact) mass is 293 g/mol. The van der Waals surface area contributed by atoms with E-state index in [4.69, 9.17) is 10.00 Å². The quantitative estimate of drug-likeness (QED) is 0.782. The largest absolute Gasteiger partial charge is 0.494 e. The lowest BCUT2D eigenvalue weighted by Gasteiger charge is -2.28. The van der Waals surface area contributed by atoms with E-state index in [1.165, 1.54) is 19.2 Å². The van der Waals surface area contributed by atoms with E-state index in [0.29, 0.717) is 12.2 Å². The van der Waals surface area contributed by atoms with Crippen molar-refractivity contribution in [1.29, 1.82) is 5.26 Å². The highest BCUT2D eigenvalue weighted by molar-refractivity contribution is 5.81. The third-order valence-electron chi connectivity index (χ3n) is 2.96. The number of methoxy groups -OCH3 is 1. The van der Waals surface area contributed by atoms with E-state index in [1.807, 2.05) is 19.9 Å². The second-order valence-electron chi connectivity index (χ2n) is 4.80. The first-order chi connectivity index (χ1) is 9.99. The molecule has 6 heteroatoms. The molecule has 0 spiro atoms. The molecule has 1 N–H and O–H groups in total. The Kier molecular flexibility index (Phi) is 6.47. The van der Waals surface area contributed by atoms with Crippen molar-refractivity contribution in [2.45, 2.75) is 26.3 Å². The lowest BCUT2D eigenvalue weighted by molar-refractivity contribution is -0.119. The third kappa shape index (κ3) is 4.95. The van der Waals surface area contributed by atoms with Crippen LogP contribution in [0.3, 0.4) is 0 Å². The van der Waals surface area contributed by atoms with Gasteiger partial charge in [0.1, 0.15) is 0 Å². The highest BCUT2D eigenvalue weighted by Gasteiger charge is 2.16. The molecule has 0 aliphatic rings. The Morgan fingerprint density at radius 3 is 2.76 bits per heavy atom. The van der Waals surface area contributed by atoms with Crippen LogP contribution in [0.4, 0.5) is 10.1 Å². The van der Waals surface area contributed by atoms with Gasteiger partial charge in [-0.2, -0.15) is 5.26 Å². The second-order valence-corrected chi connectivity index (χ2v) is 4.80. The van der Waals surface area contributed by atoms with E-state index >= 15 is 0 Å². The zero-order chi connectivity index (χ0) is 15.8. The van der Waals surface area contributed by atoms with Crippen LogP contribution >= 0.6 is 0 Å². The molecule has 0 bridgehead atoms. The maximum Gasteiger partial charge on any atom is 0.239 e. The minimum atomic E-state index is -0.467. The van der Waals surface area contributed by atoms with Crippen molar-refractivity contribution in [3.05, 3.63) is 24.0 Å². The minimum Gasteiger partial charge on any atom is -0.494 e. The molecule has 0 saturated carbocycles. The van der Waals surface area contributed by atoms with Crippen molar-refractivity contribution in [1.82, 2.24) is 5.32 Å². The lowest BCUT2D eigenvalue weighted by Crippen LogP contribution is -2.41. The average molecular weight is 293 g/mol. The molecule has 0 heterocycles. The van der Waals surface area contributed by atoms with E-state index in [2.05, 4.69) is 5.32 Å². The maximum absolute atomic E-state index is 13.8. The van der Waals surface area contributed by atoms with Gasteiger partial charge in [0.2, 0.25) is 5.91 Å². The molecular weight excluding hydrogens is 273 g/mol. The SMILES string of the molecule is COc1ccc(N(CC(=O)NCCC#N)C(C)C)cc1F. The molecule has 0 atom stereocenters. The van der Waals surface area contributed by atoms with Crippen LogP contribution in [-0.2, 0) is 4.79 Å². The van der Waals surface area contributed by atoms with Crippen LogP contribution in [-0.4, -0.2) is 32.1 Å². The van der Waals surface area contributed by atoms with E-state index in [1.54, 1.807) is 11.0 Å². The number of nitriles is 1. The van der Waals surface area contributed by atoms with E-state index in [0.717, 1.165) is 0 Å². The molecule has 0 saturated heterocycles. The second kappa shape index (κ2) is 8.10. The number of carbonyl (C=O) groups is 1. The van der Waals surface area contributed by atoms with Gasteiger partial charge in [-0.3, -0.25) is 4.79 Å². The lowest BCUT2D eigenvalue weighted by atomic mass is 10.2. The molecule has 114 valence electrons. The highest BCUT2D eigenvalue weighted by Crippen LogP contribution is 2.24. The predicted molar refractivity (Wildman–Crippen MR) is 78.7 cm³/mol. The summed E-state index contributed by atoms with van der Waals surface area (Å²) in [5.74, 6) is -0.498. The molecule has 1 aromatic rings. The van der Waals surface area contributed by atoms with Gasteiger partial charge in [0.25, 0.3) is 0 Å². The summed E-state index contributed by atoms with van der Waals surface area (Å²) < 4.78 is 18.7. The fourth-order valence-electron chi connectivity index (χ4n) is 1.87. The van der Waals surface area contributed by atoms with Crippen LogP contribution in [0.15, 0.2) is 18.2 Å². The summed E-state index contributed by atoms with van der Waals surface area (Å²) >= 11 is 0. The van der Waals surface area contributed by atoms with Crippen molar-refractivity contribution >= 4 is 11.6 Å². The number of hydrogen-bond acceptors (Lipinski definition) is 4.